The zero-order valence-corrected chi connectivity index (χ0v) is 42.5. The highest BCUT2D eigenvalue weighted by molar-refractivity contribution is 7.86. The fourth-order valence-corrected chi connectivity index (χ4v) is 8.69. The van der Waals surface area contributed by atoms with Crippen LogP contribution in [0.15, 0.2) is 89.8 Å². The number of methoxy groups -OCH3 is 4. The molecule has 13 heteroatoms. The number of aryl methyl sites for hydroxylation is 3. The Bertz CT molecular complexity index is 2290. The van der Waals surface area contributed by atoms with Gasteiger partial charge < -0.3 is 33.5 Å². The number of aromatic nitrogens is 2. The van der Waals surface area contributed by atoms with Crippen LogP contribution in [0.25, 0.3) is 0 Å². The van der Waals surface area contributed by atoms with Crippen molar-refractivity contribution in [3.05, 3.63) is 124 Å². The number of aliphatic hydroxyl groups excluding tert-OH is 1. The lowest BCUT2D eigenvalue weighted by Crippen LogP contribution is -2.07. The molecule has 12 nitrogen and oxygen atoms in total. The number of aliphatic hydroxyl groups is 1. The normalized spacial score (nSPS) is 11.1. The van der Waals surface area contributed by atoms with Crippen LogP contribution < -0.4 is 28.4 Å². The van der Waals surface area contributed by atoms with E-state index in [-0.39, 0.29) is 11.5 Å². The molecule has 0 fully saturated rings. The number of pyridine rings is 2. The molecular formula is C55H76N2O10S. The minimum Gasteiger partial charge on any atom is -0.489 e. The average molecular weight is 957 g/mol. The Hall–Kier alpha value is -5.37. The van der Waals surface area contributed by atoms with E-state index in [2.05, 4.69) is 4.98 Å². The van der Waals surface area contributed by atoms with E-state index in [1.54, 1.807) is 52.7 Å². The zero-order valence-electron chi connectivity index (χ0n) is 41.6. The first-order chi connectivity index (χ1) is 33.1. The van der Waals surface area contributed by atoms with Crippen LogP contribution in [0, 0.1) is 20.8 Å². The molecule has 0 radical (unpaired) electrons. The molecule has 5 aromatic rings. The molecule has 0 unspecified atom stereocenters. The zero-order chi connectivity index (χ0) is 49.0. The molecule has 0 aliphatic carbocycles. The van der Waals surface area contributed by atoms with Crippen molar-refractivity contribution >= 4 is 10.1 Å². The van der Waals surface area contributed by atoms with Crippen LogP contribution in [-0.2, 0) is 40.4 Å². The second-order valence-electron chi connectivity index (χ2n) is 16.9. The molecule has 2 heterocycles. The largest absolute Gasteiger partial charge is 0.489 e. The minimum absolute atomic E-state index is 0.210. The molecule has 0 spiro atoms. The maximum absolute atomic E-state index is 12.2. The molecule has 0 saturated heterocycles. The highest BCUT2D eigenvalue weighted by Gasteiger charge is 2.22. The maximum atomic E-state index is 12.2. The SMILES string of the molecule is COc1nc(CCCCCCCCCO)c(C)c(OCc2ccccc2)c1OC.COc1nc(CCCCCCCCCOS(=O)(=O)c2ccc(C)cc2)c(C)c(OCc2ccccc2)c1OC. The Kier molecular flexibility index (Phi) is 25.1. The molecule has 372 valence electrons. The molecule has 0 amide bonds. The summed E-state index contributed by atoms with van der Waals surface area (Å²) in [5.41, 5.74) is 7.16. The van der Waals surface area contributed by atoms with Gasteiger partial charge in [-0.15, -0.1) is 0 Å². The molecule has 3 aromatic carbocycles. The first-order valence-corrected chi connectivity index (χ1v) is 25.6. The lowest BCUT2D eigenvalue weighted by Gasteiger charge is -2.18. The predicted molar refractivity (Wildman–Crippen MR) is 269 cm³/mol. The summed E-state index contributed by atoms with van der Waals surface area (Å²) in [6, 6.07) is 26.8. The molecule has 2 aromatic heterocycles. The second-order valence-corrected chi connectivity index (χ2v) is 18.5. The monoisotopic (exact) mass is 957 g/mol. The van der Waals surface area contributed by atoms with Crippen LogP contribution in [0.5, 0.6) is 34.8 Å². The van der Waals surface area contributed by atoms with E-state index in [1.165, 1.54) is 25.7 Å². The first-order valence-electron chi connectivity index (χ1n) is 24.2. The van der Waals surface area contributed by atoms with Crippen LogP contribution in [0.2, 0.25) is 0 Å². The van der Waals surface area contributed by atoms with Crippen molar-refractivity contribution in [1.29, 1.82) is 0 Å². The van der Waals surface area contributed by atoms with Crippen LogP contribution in [0.1, 0.15) is 129 Å². The van der Waals surface area contributed by atoms with E-state index in [0.29, 0.717) is 54.6 Å². The summed E-state index contributed by atoms with van der Waals surface area (Å²) in [7, 11) is 2.74. The Morgan fingerprint density at radius 2 is 0.868 bits per heavy atom. The van der Waals surface area contributed by atoms with Crippen LogP contribution in [0.3, 0.4) is 0 Å². The van der Waals surface area contributed by atoms with Crippen molar-refractivity contribution in [2.45, 2.75) is 142 Å². The summed E-state index contributed by atoms with van der Waals surface area (Å²) in [4.78, 5) is 9.59. The summed E-state index contributed by atoms with van der Waals surface area (Å²) in [6.07, 6.45) is 16.7. The quantitative estimate of drug-likeness (QED) is 0.0333. The molecule has 0 bridgehead atoms. The summed E-state index contributed by atoms with van der Waals surface area (Å²) >= 11 is 0. The minimum atomic E-state index is -3.67. The molecule has 0 atom stereocenters. The topological polar surface area (TPSA) is 145 Å². The van der Waals surface area contributed by atoms with Gasteiger partial charge in [-0.1, -0.05) is 143 Å². The Labute approximate surface area is 406 Å². The van der Waals surface area contributed by atoms with Gasteiger partial charge in [0.05, 0.1) is 51.3 Å². The van der Waals surface area contributed by atoms with E-state index in [0.717, 1.165) is 116 Å². The average Bonchev–Trinajstić information content (AvgIpc) is 3.35. The Balaban J connectivity index is 0.000000310. The summed E-state index contributed by atoms with van der Waals surface area (Å²) in [5.74, 6) is 3.36. The van der Waals surface area contributed by atoms with Gasteiger partial charge in [0.1, 0.15) is 13.2 Å². The second kappa shape index (κ2) is 30.9. The van der Waals surface area contributed by atoms with E-state index < -0.39 is 10.1 Å². The molecular weight excluding hydrogens is 881 g/mol. The lowest BCUT2D eigenvalue weighted by molar-refractivity contribution is 0.269. The van der Waals surface area contributed by atoms with Crippen LogP contribution >= 0.6 is 0 Å². The number of unbranched alkanes of at least 4 members (excludes halogenated alkanes) is 12. The van der Waals surface area contributed by atoms with Crippen molar-refractivity contribution in [2.24, 2.45) is 0 Å². The van der Waals surface area contributed by atoms with Crippen LogP contribution in [-0.4, -0.2) is 65.1 Å². The van der Waals surface area contributed by atoms with E-state index >= 15 is 0 Å². The third-order valence-corrected chi connectivity index (χ3v) is 13.1. The van der Waals surface area contributed by atoms with Crippen molar-refractivity contribution in [2.75, 3.05) is 41.7 Å². The number of ether oxygens (including phenoxy) is 6. The van der Waals surface area contributed by atoms with Gasteiger partial charge in [-0.3, -0.25) is 4.18 Å². The van der Waals surface area contributed by atoms with Crippen molar-refractivity contribution in [3.8, 4) is 34.8 Å². The Morgan fingerprint density at radius 3 is 1.26 bits per heavy atom. The van der Waals surface area contributed by atoms with Gasteiger partial charge in [-0.05, 0) is 82.6 Å². The van der Waals surface area contributed by atoms with Gasteiger partial charge in [-0.2, -0.15) is 8.42 Å². The standard InChI is InChI=1S/C31H41NO6S.C24H35NO4/c1-24-18-20-27(21-19-24)39(33,34)38-22-14-9-7-5-6-8-13-17-28-25(2)29(30(35-3)31(32-28)36-4)37-23-26-15-11-10-12-16-26;1-19-21(16-12-7-5-4-6-8-13-17-26)25-24(28-3)23(27-2)22(19)29-18-20-14-10-9-11-15-20/h10-12,15-16,18-21H,5-9,13-14,17,22-23H2,1-4H3;9-11,14-15,26H,4-8,12-13,16-18H2,1-3H3. The van der Waals surface area contributed by atoms with E-state index in [9.17, 15) is 8.42 Å². The molecule has 5 rings (SSSR count). The van der Waals surface area contributed by atoms with E-state index in [4.69, 9.17) is 42.7 Å². The van der Waals surface area contributed by atoms with Crippen molar-refractivity contribution < 1.29 is 46.1 Å². The van der Waals surface area contributed by atoms with Crippen LogP contribution in [0.4, 0.5) is 0 Å². The lowest BCUT2D eigenvalue weighted by atomic mass is 10.0. The van der Waals surface area contributed by atoms with Crippen molar-refractivity contribution in [3.63, 3.8) is 0 Å². The Morgan fingerprint density at radius 1 is 0.471 bits per heavy atom. The van der Waals surface area contributed by atoms with Gasteiger partial charge in [0.2, 0.25) is 11.5 Å². The number of nitrogens with zero attached hydrogens (tertiary/aromatic N) is 2. The number of rotatable bonds is 31. The molecule has 68 heavy (non-hydrogen) atoms. The third kappa shape index (κ3) is 18.3. The fourth-order valence-electron chi connectivity index (χ4n) is 7.75. The smallest absolute Gasteiger partial charge is 0.296 e. The molecule has 0 aliphatic heterocycles. The fraction of sp³-hybridized carbons (Fsp3) is 0.491. The predicted octanol–water partition coefficient (Wildman–Crippen LogP) is 12.2. The summed E-state index contributed by atoms with van der Waals surface area (Å²) in [5, 5.41) is 8.83. The molecule has 0 aliphatic rings. The van der Waals surface area contributed by atoms with Gasteiger partial charge >= 0.3 is 0 Å². The first kappa shape index (κ1) is 55.2. The number of hydrogen-bond acceptors (Lipinski definition) is 12. The molecule has 0 saturated carbocycles. The van der Waals surface area contributed by atoms with Gasteiger partial charge in [0, 0.05) is 17.7 Å². The van der Waals surface area contributed by atoms with Gasteiger partial charge in [0.15, 0.2) is 11.5 Å². The third-order valence-electron chi connectivity index (χ3n) is 11.7. The van der Waals surface area contributed by atoms with Gasteiger partial charge in [-0.25, -0.2) is 9.97 Å². The van der Waals surface area contributed by atoms with Crippen molar-refractivity contribution in [1.82, 2.24) is 9.97 Å². The highest BCUT2D eigenvalue weighted by Crippen LogP contribution is 2.42. The number of hydrogen-bond donors (Lipinski definition) is 1. The van der Waals surface area contributed by atoms with E-state index in [1.807, 2.05) is 81.4 Å². The summed E-state index contributed by atoms with van der Waals surface area (Å²) < 4.78 is 64.1. The summed E-state index contributed by atoms with van der Waals surface area (Å²) in [6.45, 7) is 7.41. The molecule has 1 N–H and O–H groups in total. The highest BCUT2D eigenvalue weighted by atomic mass is 32.2. The number of benzene rings is 3. The van der Waals surface area contributed by atoms with Gasteiger partial charge in [0.25, 0.3) is 21.9 Å². The maximum Gasteiger partial charge on any atom is 0.296 e.